The highest BCUT2D eigenvalue weighted by Crippen LogP contribution is 2.69. The van der Waals surface area contributed by atoms with E-state index in [4.69, 9.17) is 0 Å². The van der Waals surface area contributed by atoms with E-state index < -0.39 is 0 Å². The predicted molar refractivity (Wildman–Crippen MR) is 116 cm³/mol. The predicted octanol–water partition coefficient (Wildman–Crippen LogP) is 5.63. The van der Waals surface area contributed by atoms with Gasteiger partial charge in [-0.05, 0) is 84.9 Å². The van der Waals surface area contributed by atoms with Gasteiger partial charge in [0.15, 0.2) is 0 Å². The average Bonchev–Trinajstić information content (AvgIpc) is 2.74. The fraction of sp³-hybridized carbons (Fsp3) is 0.786. The highest BCUT2D eigenvalue weighted by Gasteiger charge is 2.65. The van der Waals surface area contributed by atoms with Crippen molar-refractivity contribution in [3.8, 4) is 0 Å². The normalized spacial score (nSPS) is 53.6. The Morgan fingerprint density at radius 1 is 0.633 bits per heavy atom. The molecule has 7 fully saturated rings. The van der Waals surface area contributed by atoms with Crippen LogP contribution in [0.15, 0.2) is 23.3 Å². The Hall–Kier alpha value is -1.18. The second-order valence-electron chi connectivity index (χ2n) is 13.2. The summed E-state index contributed by atoms with van der Waals surface area (Å²) < 4.78 is 0. The van der Waals surface area contributed by atoms with Crippen LogP contribution in [0, 0.1) is 70.0 Å². The van der Waals surface area contributed by atoms with E-state index in [1.165, 1.54) is 12.8 Å². The molecule has 4 bridgehead atoms. The van der Waals surface area contributed by atoms with E-state index in [9.17, 15) is 9.59 Å². The van der Waals surface area contributed by atoms with Gasteiger partial charge < -0.3 is 0 Å². The summed E-state index contributed by atoms with van der Waals surface area (Å²) in [6.45, 7) is 9.69. The maximum Gasteiger partial charge on any atom is 0.141 e. The number of Topliss-reactive ketones (excluding diaryl/α,β-unsaturated/α-hetero) is 2. The van der Waals surface area contributed by atoms with Crippen molar-refractivity contribution in [2.45, 2.75) is 66.2 Å². The van der Waals surface area contributed by atoms with Gasteiger partial charge in [-0.2, -0.15) is 0 Å². The molecular formula is C28H36O2. The first-order chi connectivity index (χ1) is 14.2. The summed E-state index contributed by atoms with van der Waals surface area (Å²) in [5.74, 6) is 4.50. The number of rotatable bonds is 0. The van der Waals surface area contributed by atoms with Crippen molar-refractivity contribution in [1.82, 2.24) is 0 Å². The molecule has 2 nitrogen and oxygen atoms in total. The van der Waals surface area contributed by atoms with E-state index in [1.54, 1.807) is 11.1 Å². The molecule has 0 aromatic heterocycles. The lowest BCUT2D eigenvalue weighted by atomic mass is 9.39. The molecule has 30 heavy (non-hydrogen) atoms. The zero-order valence-corrected chi connectivity index (χ0v) is 19.0. The third-order valence-electron chi connectivity index (χ3n) is 12.0. The van der Waals surface area contributed by atoms with Crippen LogP contribution in [0.2, 0.25) is 0 Å². The van der Waals surface area contributed by atoms with Gasteiger partial charge in [0, 0.05) is 23.7 Å². The number of allylic oxidation sites excluding steroid dienone is 4. The molecule has 0 aromatic carbocycles. The Balaban J connectivity index is 1.26. The third kappa shape index (κ3) is 1.91. The first kappa shape index (κ1) is 18.4. The highest BCUT2D eigenvalue weighted by atomic mass is 16.1. The monoisotopic (exact) mass is 404 g/mol. The van der Waals surface area contributed by atoms with Crippen molar-refractivity contribution >= 4 is 11.6 Å². The summed E-state index contributed by atoms with van der Waals surface area (Å²) in [5, 5.41) is 0. The summed E-state index contributed by atoms with van der Waals surface area (Å²) in [4.78, 5) is 27.9. The van der Waals surface area contributed by atoms with Crippen molar-refractivity contribution in [3.05, 3.63) is 23.3 Å². The lowest BCUT2D eigenvalue weighted by molar-refractivity contribution is -0.159. The number of fused-ring (bicyclic) bond motifs is 2. The van der Waals surface area contributed by atoms with E-state index in [1.807, 2.05) is 0 Å². The van der Waals surface area contributed by atoms with Gasteiger partial charge >= 0.3 is 0 Å². The maximum absolute atomic E-state index is 14.2. The van der Waals surface area contributed by atoms with Gasteiger partial charge in [-0.1, -0.05) is 51.0 Å². The molecular weight excluding hydrogens is 368 g/mol. The highest BCUT2D eigenvalue weighted by molar-refractivity contribution is 6.01. The van der Waals surface area contributed by atoms with Gasteiger partial charge in [0.05, 0.1) is 0 Å². The summed E-state index contributed by atoms with van der Waals surface area (Å²) in [5.41, 5.74) is 3.94. The molecule has 9 aliphatic rings. The quantitative estimate of drug-likeness (QED) is 0.491. The largest absolute Gasteiger partial charge is 0.299 e. The second kappa shape index (κ2) is 5.41. The molecule has 0 aromatic rings. The molecule has 9 rings (SSSR count). The lowest BCUT2D eigenvalue weighted by Gasteiger charge is -2.65. The molecule has 0 radical (unpaired) electrons. The molecule has 7 saturated carbocycles. The fourth-order valence-corrected chi connectivity index (χ4v) is 9.92. The van der Waals surface area contributed by atoms with Crippen molar-refractivity contribution in [2.75, 3.05) is 0 Å². The maximum atomic E-state index is 14.2. The Bertz CT molecular complexity index is 860. The van der Waals surface area contributed by atoms with E-state index in [0.717, 1.165) is 37.5 Å². The third-order valence-corrected chi connectivity index (χ3v) is 12.0. The van der Waals surface area contributed by atoms with E-state index >= 15 is 0 Å². The molecule has 10 atom stereocenters. The number of carbonyl (C=O) groups is 2. The number of hydrogen-bond donors (Lipinski definition) is 0. The van der Waals surface area contributed by atoms with Crippen molar-refractivity contribution in [3.63, 3.8) is 0 Å². The second-order valence-corrected chi connectivity index (χ2v) is 13.2. The molecule has 0 spiro atoms. The van der Waals surface area contributed by atoms with Crippen LogP contribution in [0.3, 0.4) is 0 Å². The Morgan fingerprint density at radius 2 is 1.07 bits per heavy atom. The fourth-order valence-electron chi connectivity index (χ4n) is 9.92. The van der Waals surface area contributed by atoms with Crippen LogP contribution >= 0.6 is 0 Å². The van der Waals surface area contributed by atoms with E-state index in [0.29, 0.717) is 46.1 Å². The van der Waals surface area contributed by atoms with Gasteiger partial charge in [0.25, 0.3) is 0 Å². The summed E-state index contributed by atoms with van der Waals surface area (Å²) in [6, 6.07) is 0. The molecule has 0 unspecified atom stereocenters. The standard InChI is InChI=1S/C28H36O2/c1-27(2)13-9-19-15(21(27)11-13)5-7-17-23(19)26(30)24-18(25(17)29)8-6-16-20(24)10-14-12-22(16)28(14,3)4/h5-6,13-14,17-24H,7-12H2,1-4H3/t13-,14+,17-,18-,19+,20-,21+,22+,23-,24+/m1/s1. The SMILES string of the molecule is CC1(C)[C@H]2C[C@@H]3C(=CC[C@H]4C(=O)[C@@H]5CC=C6[C@H](C[C@@H]7C[C@@H]6C7(C)C)[C@@H]5C(=O)[C@H]34)[C@@H]1C2. The van der Waals surface area contributed by atoms with Gasteiger partial charge in [0.2, 0.25) is 0 Å². The minimum atomic E-state index is -0.0161. The number of ketones is 2. The molecule has 0 heterocycles. The first-order valence-electron chi connectivity index (χ1n) is 12.7. The van der Waals surface area contributed by atoms with Crippen LogP contribution in [-0.2, 0) is 9.59 Å². The first-order valence-corrected chi connectivity index (χ1v) is 12.7. The van der Waals surface area contributed by atoms with E-state index in [2.05, 4.69) is 39.8 Å². The molecule has 0 amide bonds. The van der Waals surface area contributed by atoms with Gasteiger partial charge in [-0.25, -0.2) is 0 Å². The summed E-state index contributed by atoms with van der Waals surface area (Å²) in [7, 11) is 0. The molecule has 0 aliphatic heterocycles. The van der Waals surface area contributed by atoms with Crippen LogP contribution in [0.5, 0.6) is 0 Å². The van der Waals surface area contributed by atoms with E-state index in [-0.39, 0.29) is 23.7 Å². The Kier molecular flexibility index (Phi) is 3.32. The summed E-state index contributed by atoms with van der Waals surface area (Å²) in [6.07, 6.45) is 11.4. The molecule has 9 aliphatic carbocycles. The average molecular weight is 405 g/mol. The molecule has 0 saturated heterocycles. The van der Waals surface area contributed by atoms with Crippen molar-refractivity contribution in [1.29, 1.82) is 0 Å². The smallest absolute Gasteiger partial charge is 0.141 e. The molecule has 2 heteroatoms. The summed E-state index contributed by atoms with van der Waals surface area (Å²) >= 11 is 0. The number of carbonyl (C=O) groups excluding carboxylic acids is 2. The van der Waals surface area contributed by atoms with Crippen LogP contribution in [-0.4, -0.2) is 11.6 Å². The zero-order valence-electron chi connectivity index (χ0n) is 19.0. The molecule has 160 valence electrons. The minimum absolute atomic E-state index is 0.00534. The Morgan fingerprint density at radius 3 is 1.47 bits per heavy atom. The minimum Gasteiger partial charge on any atom is -0.299 e. The van der Waals surface area contributed by atoms with Gasteiger partial charge in [0.1, 0.15) is 11.6 Å². The van der Waals surface area contributed by atoms with Crippen LogP contribution in [0.1, 0.15) is 66.2 Å². The topological polar surface area (TPSA) is 34.1 Å². The Labute approximate surface area is 180 Å². The van der Waals surface area contributed by atoms with Gasteiger partial charge in [-0.15, -0.1) is 0 Å². The van der Waals surface area contributed by atoms with Crippen LogP contribution in [0.25, 0.3) is 0 Å². The van der Waals surface area contributed by atoms with Crippen molar-refractivity contribution < 1.29 is 9.59 Å². The van der Waals surface area contributed by atoms with Crippen LogP contribution in [0.4, 0.5) is 0 Å². The number of hydrogen-bond acceptors (Lipinski definition) is 2. The van der Waals surface area contributed by atoms with Crippen LogP contribution < -0.4 is 0 Å². The molecule has 0 N–H and O–H groups in total. The lowest BCUT2D eigenvalue weighted by Crippen LogP contribution is -2.62. The van der Waals surface area contributed by atoms with Crippen molar-refractivity contribution in [2.24, 2.45) is 70.0 Å². The zero-order chi connectivity index (χ0) is 20.7. The van der Waals surface area contributed by atoms with Gasteiger partial charge in [-0.3, -0.25) is 9.59 Å².